The summed E-state index contributed by atoms with van der Waals surface area (Å²) in [6, 6.07) is 8.78. The quantitative estimate of drug-likeness (QED) is 0.287. The first-order valence-electron chi connectivity index (χ1n) is 12.8. The average molecular weight is 495 g/mol. The van der Waals surface area contributed by atoms with Crippen LogP contribution in [0.4, 0.5) is 0 Å². The molecule has 0 aliphatic carbocycles. The minimum atomic E-state index is -0.802. The lowest BCUT2D eigenvalue weighted by atomic mass is 9.72. The van der Waals surface area contributed by atoms with Gasteiger partial charge in [0, 0.05) is 37.9 Å². The molecule has 1 aliphatic rings. The Morgan fingerprint density at radius 2 is 1.86 bits per heavy atom. The summed E-state index contributed by atoms with van der Waals surface area (Å²) in [5.74, 6) is -0.440. The van der Waals surface area contributed by atoms with Gasteiger partial charge < -0.3 is 25.7 Å². The van der Waals surface area contributed by atoms with E-state index in [9.17, 15) is 9.59 Å². The number of nitrogens with one attached hydrogen (secondary N) is 2. The van der Waals surface area contributed by atoms with E-state index in [1.807, 2.05) is 30.3 Å². The van der Waals surface area contributed by atoms with E-state index in [0.717, 1.165) is 24.8 Å². The highest BCUT2D eigenvalue weighted by Crippen LogP contribution is 2.19. The van der Waals surface area contributed by atoms with Crippen LogP contribution in [0, 0.1) is 11.8 Å². The third-order valence-electron chi connectivity index (χ3n) is 6.14. The average Bonchev–Trinajstić information content (AvgIpc) is 2.89. The van der Waals surface area contributed by atoms with Gasteiger partial charge in [0.1, 0.15) is 11.7 Å². The minimum Gasteiger partial charge on any atom is -0.409 e. The molecule has 0 bridgehead atoms. The van der Waals surface area contributed by atoms with Crippen LogP contribution >= 0.6 is 0 Å². The number of unbranched alkanes of at least 4 members (excludes halogenated alkanes) is 1. The van der Waals surface area contributed by atoms with E-state index in [1.165, 1.54) is 18.6 Å². The number of nitrogens with two attached hydrogens (primary N) is 1. The summed E-state index contributed by atoms with van der Waals surface area (Å²) in [6.45, 7) is 6.06. The van der Waals surface area contributed by atoms with E-state index >= 15 is 0 Å². The summed E-state index contributed by atoms with van der Waals surface area (Å²) >= 11 is 0. The predicted molar refractivity (Wildman–Crippen MR) is 139 cm³/mol. The van der Waals surface area contributed by atoms with Gasteiger partial charge in [-0.05, 0) is 37.3 Å². The maximum Gasteiger partial charge on any atom is 0.480 e. The van der Waals surface area contributed by atoms with E-state index in [2.05, 4.69) is 34.4 Å². The van der Waals surface area contributed by atoms with Crippen molar-refractivity contribution in [1.29, 1.82) is 0 Å². The second-order valence-electron chi connectivity index (χ2n) is 9.74. The van der Waals surface area contributed by atoms with Crippen molar-refractivity contribution in [2.24, 2.45) is 17.6 Å². The summed E-state index contributed by atoms with van der Waals surface area (Å²) in [5, 5.41) is 5.94. The Morgan fingerprint density at radius 1 is 1.11 bits per heavy atom. The molecule has 0 unspecified atom stereocenters. The van der Waals surface area contributed by atoms with Crippen molar-refractivity contribution in [2.45, 2.75) is 57.9 Å². The van der Waals surface area contributed by atoms with Crippen LogP contribution in [0.2, 0.25) is 0 Å². The second kappa shape index (κ2) is 14.7. The van der Waals surface area contributed by atoms with Crippen LogP contribution < -0.4 is 16.4 Å². The van der Waals surface area contributed by atoms with Gasteiger partial charge in [-0.15, -0.1) is 0 Å². The van der Waals surface area contributed by atoms with Gasteiger partial charge in [-0.25, -0.2) is 4.98 Å². The molecule has 1 fully saturated rings. The Kier molecular flexibility index (Phi) is 11.3. The summed E-state index contributed by atoms with van der Waals surface area (Å²) in [4.78, 5) is 34.3. The highest BCUT2D eigenvalue weighted by atomic mass is 16.6. The van der Waals surface area contributed by atoms with Crippen molar-refractivity contribution in [3.63, 3.8) is 0 Å². The lowest BCUT2D eigenvalue weighted by molar-refractivity contribution is -0.123. The molecular weight excluding hydrogens is 457 g/mol. The number of hydrogen-bond donors (Lipinski definition) is 3. The standard InChI is InChI=1S/C26H38BN5O4/c1-19(2)14-24(27-35-17-21(18-36-27)10-6-7-11-28)32-25(33)22(15-20-8-4-3-5-9-20)31-26(34)23-16-29-12-13-30-23/h3-5,8-9,12-13,16,19,21-22,24H,6-7,10-11,14-15,17-18,28H2,1-2H3,(H,31,34)(H,32,33)/t22-,24-/m0/s1. The number of carbonyl (C=O) groups excluding carboxylic acids is 2. The Hall–Kier alpha value is -2.82. The first kappa shape index (κ1) is 27.8. The number of aromatic nitrogens is 2. The van der Waals surface area contributed by atoms with Gasteiger partial charge in [0.05, 0.1) is 12.1 Å². The van der Waals surface area contributed by atoms with Gasteiger partial charge in [-0.2, -0.15) is 0 Å². The number of amides is 2. The number of nitrogens with zero attached hydrogens (tertiary/aromatic N) is 2. The van der Waals surface area contributed by atoms with Crippen LogP contribution in [0.15, 0.2) is 48.9 Å². The largest absolute Gasteiger partial charge is 0.480 e. The van der Waals surface area contributed by atoms with Crippen molar-refractivity contribution < 1.29 is 18.9 Å². The molecule has 0 saturated carbocycles. The van der Waals surface area contributed by atoms with Crippen molar-refractivity contribution >= 4 is 18.9 Å². The molecule has 0 radical (unpaired) electrons. The third kappa shape index (κ3) is 9.00. The van der Waals surface area contributed by atoms with Crippen LogP contribution in [-0.4, -0.2) is 60.6 Å². The normalized spacial score (nSPS) is 15.9. The second-order valence-corrected chi connectivity index (χ2v) is 9.74. The van der Waals surface area contributed by atoms with Crippen LogP contribution in [0.3, 0.4) is 0 Å². The van der Waals surface area contributed by atoms with Crippen molar-refractivity contribution in [3.8, 4) is 0 Å². The van der Waals surface area contributed by atoms with Gasteiger partial charge >= 0.3 is 7.12 Å². The predicted octanol–water partition coefficient (Wildman–Crippen LogP) is 2.17. The Bertz CT molecular complexity index is 926. The van der Waals surface area contributed by atoms with Crippen LogP contribution in [0.5, 0.6) is 0 Å². The van der Waals surface area contributed by atoms with Gasteiger partial charge in [0.15, 0.2) is 0 Å². The fourth-order valence-corrected chi connectivity index (χ4v) is 4.27. The first-order valence-corrected chi connectivity index (χ1v) is 12.8. The van der Waals surface area contributed by atoms with E-state index in [1.54, 1.807) is 0 Å². The molecule has 1 saturated heterocycles. The highest BCUT2D eigenvalue weighted by Gasteiger charge is 2.37. The highest BCUT2D eigenvalue weighted by molar-refractivity contribution is 6.47. The molecule has 1 aromatic heterocycles. The van der Waals surface area contributed by atoms with Gasteiger partial charge in [-0.3, -0.25) is 14.6 Å². The topological polar surface area (TPSA) is 128 Å². The van der Waals surface area contributed by atoms with Crippen LogP contribution in [0.25, 0.3) is 0 Å². The van der Waals surface area contributed by atoms with E-state index in [0.29, 0.717) is 44.4 Å². The number of benzene rings is 1. The monoisotopic (exact) mass is 495 g/mol. The zero-order chi connectivity index (χ0) is 25.8. The minimum absolute atomic E-state index is 0.154. The Labute approximate surface area is 214 Å². The van der Waals surface area contributed by atoms with E-state index < -0.39 is 19.1 Å². The molecule has 10 heteroatoms. The zero-order valence-corrected chi connectivity index (χ0v) is 21.3. The molecular formula is C26H38BN5O4. The summed E-state index contributed by atoms with van der Waals surface area (Å²) < 4.78 is 12.1. The molecule has 3 rings (SSSR count). The molecule has 1 aromatic carbocycles. The molecule has 2 atom stereocenters. The molecule has 1 aliphatic heterocycles. The first-order chi connectivity index (χ1) is 17.5. The van der Waals surface area contributed by atoms with E-state index in [-0.39, 0.29) is 17.5 Å². The fraction of sp³-hybridized carbons (Fsp3) is 0.538. The molecule has 4 N–H and O–H groups in total. The molecule has 0 spiro atoms. The molecule has 9 nitrogen and oxygen atoms in total. The van der Waals surface area contributed by atoms with Gasteiger partial charge in [-0.1, -0.05) is 50.6 Å². The number of carbonyl (C=O) groups is 2. The molecule has 2 heterocycles. The number of hydrogen-bond acceptors (Lipinski definition) is 7. The maximum absolute atomic E-state index is 13.5. The molecule has 2 aromatic rings. The lowest BCUT2D eigenvalue weighted by Gasteiger charge is -2.33. The zero-order valence-electron chi connectivity index (χ0n) is 21.3. The van der Waals surface area contributed by atoms with Crippen molar-refractivity contribution in [2.75, 3.05) is 19.8 Å². The number of rotatable bonds is 13. The lowest BCUT2D eigenvalue weighted by Crippen LogP contribution is -2.57. The summed E-state index contributed by atoms with van der Waals surface area (Å²) in [7, 11) is -0.532. The molecule has 36 heavy (non-hydrogen) atoms. The fourth-order valence-electron chi connectivity index (χ4n) is 4.27. The molecule has 2 amide bonds. The van der Waals surface area contributed by atoms with Crippen molar-refractivity contribution in [3.05, 3.63) is 60.2 Å². The van der Waals surface area contributed by atoms with Crippen LogP contribution in [-0.2, 0) is 20.5 Å². The van der Waals surface area contributed by atoms with Gasteiger partial charge in [0.25, 0.3) is 5.91 Å². The summed E-state index contributed by atoms with van der Waals surface area (Å²) in [6.07, 6.45) is 8.40. The van der Waals surface area contributed by atoms with Crippen molar-refractivity contribution in [1.82, 2.24) is 20.6 Å². The Morgan fingerprint density at radius 3 is 2.50 bits per heavy atom. The molecule has 194 valence electrons. The van der Waals surface area contributed by atoms with E-state index in [4.69, 9.17) is 15.0 Å². The van der Waals surface area contributed by atoms with Gasteiger partial charge in [0.2, 0.25) is 5.91 Å². The summed E-state index contributed by atoms with van der Waals surface area (Å²) in [5.41, 5.74) is 6.69. The smallest absolute Gasteiger partial charge is 0.409 e. The third-order valence-corrected chi connectivity index (χ3v) is 6.14. The Balaban J connectivity index is 1.68. The van der Waals surface area contributed by atoms with Crippen LogP contribution in [0.1, 0.15) is 55.6 Å². The SMILES string of the molecule is CC(C)C[C@H](NC(=O)[C@H](Cc1ccccc1)NC(=O)c1cnccn1)B1OCC(CCCCN)CO1. The maximum atomic E-state index is 13.5.